The summed E-state index contributed by atoms with van der Waals surface area (Å²) in [7, 11) is 0. The molecule has 0 saturated carbocycles. The molecular formula is C34H41ClN4O6. The van der Waals surface area contributed by atoms with Crippen molar-refractivity contribution in [3.63, 3.8) is 0 Å². The number of nitrogens with one attached hydrogen (secondary N) is 2. The van der Waals surface area contributed by atoms with Crippen LogP contribution in [0.1, 0.15) is 50.2 Å². The lowest BCUT2D eigenvalue weighted by Gasteiger charge is -2.51. The Balaban J connectivity index is 1.13. The Labute approximate surface area is 268 Å². The smallest absolute Gasteiger partial charge is 0.245 e. The zero-order chi connectivity index (χ0) is 31.5. The molecule has 3 fully saturated rings. The van der Waals surface area contributed by atoms with Gasteiger partial charge in [-0.05, 0) is 68.1 Å². The Kier molecular flexibility index (Phi) is 9.49. The number of aryl methyl sites for hydroxylation is 1. The van der Waals surface area contributed by atoms with Gasteiger partial charge in [-0.1, -0.05) is 41.9 Å². The Morgan fingerprint density at radius 2 is 1.76 bits per heavy atom. The first-order valence-electron chi connectivity index (χ1n) is 16.0. The van der Waals surface area contributed by atoms with Gasteiger partial charge in [0.1, 0.15) is 25.3 Å². The minimum atomic E-state index is -0.732. The number of amides is 4. The van der Waals surface area contributed by atoms with E-state index in [-0.39, 0.29) is 54.3 Å². The van der Waals surface area contributed by atoms with Crippen molar-refractivity contribution in [2.75, 3.05) is 32.8 Å². The molecule has 5 atom stereocenters. The Hall–Kier alpha value is -3.79. The molecule has 11 heteroatoms. The minimum Gasteiger partial charge on any atom is -0.486 e. The highest BCUT2D eigenvalue weighted by molar-refractivity contribution is 6.31. The third-order valence-corrected chi connectivity index (χ3v) is 9.86. The predicted molar refractivity (Wildman–Crippen MR) is 168 cm³/mol. The van der Waals surface area contributed by atoms with E-state index < -0.39 is 12.1 Å². The molecule has 4 heterocycles. The highest BCUT2D eigenvalue weighted by atomic mass is 35.5. The first kappa shape index (κ1) is 31.2. The number of hydrogen-bond acceptors (Lipinski definition) is 6. The Morgan fingerprint density at radius 1 is 1.00 bits per heavy atom. The van der Waals surface area contributed by atoms with Crippen molar-refractivity contribution in [3.8, 4) is 11.5 Å². The average Bonchev–Trinajstić information content (AvgIpc) is 3.03. The molecule has 6 rings (SSSR count). The van der Waals surface area contributed by atoms with Crippen LogP contribution in [0.25, 0.3) is 0 Å². The quantitative estimate of drug-likeness (QED) is 0.521. The number of likely N-dealkylation sites (tertiary alicyclic amines) is 1. The third kappa shape index (κ3) is 7.21. The molecule has 0 aliphatic carbocycles. The molecule has 0 radical (unpaired) electrons. The van der Waals surface area contributed by atoms with Crippen molar-refractivity contribution < 1.29 is 28.7 Å². The maximum Gasteiger partial charge on any atom is 0.245 e. The molecule has 2 bridgehead atoms. The van der Waals surface area contributed by atoms with E-state index in [0.29, 0.717) is 80.6 Å². The van der Waals surface area contributed by atoms with Crippen molar-refractivity contribution in [1.82, 2.24) is 20.4 Å². The molecule has 2 aromatic rings. The number of rotatable bonds is 5. The van der Waals surface area contributed by atoms with Gasteiger partial charge in [-0.2, -0.15) is 0 Å². The van der Waals surface area contributed by atoms with Crippen LogP contribution in [-0.4, -0.2) is 84.4 Å². The fraction of sp³-hybridized carbons (Fsp3) is 0.529. The summed E-state index contributed by atoms with van der Waals surface area (Å²) in [6.07, 6.45) is 3.65. The third-order valence-electron chi connectivity index (χ3n) is 9.51. The molecule has 0 unspecified atom stereocenters. The summed E-state index contributed by atoms with van der Waals surface area (Å²) in [5.74, 6) is 0.749. The van der Waals surface area contributed by atoms with E-state index in [0.717, 1.165) is 12.0 Å². The maximum atomic E-state index is 13.8. The van der Waals surface area contributed by atoms with Crippen LogP contribution < -0.4 is 20.1 Å². The number of carbonyl (C=O) groups excluding carboxylic acids is 4. The number of fused-ring (bicyclic) bond motifs is 5. The van der Waals surface area contributed by atoms with Gasteiger partial charge in [-0.3, -0.25) is 19.2 Å². The summed E-state index contributed by atoms with van der Waals surface area (Å²) in [5.41, 5.74) is 1.78. The van der Waals surface area contributed by atoms with Crippen LogP contribution in [0.15, 0.2) is 42.5 Å². The van der Waals surface area contributed by atoms with Crippen LogP contribution in [-0.2, 0) is 32.0 Å². The van der Waals surface area contributed by atoms with E-state index in [2.05, 4.69) is 10.6 Å². The van der Waals surface area contributed by atoms with Gasteiger partial charge in [0.25, 0.3) is 0 Å². The van der Waals surface area contributed by atoms with Gasteiger partial charge in [-0.25, -0.2) is 0 Å². The van der Waals surface area contributed by atoms with Gasteiger partial charge in [0, 0.05) is 43.2 Å². The standard InChI is InChI=1S/C34H41ClN4O6/c1-21-34(43)39-19-23-14-25(20-38(18-23)32(41)16-24-15-29-30(17-26(24)35)45-13-12-44-29)28(39)8-5-9-31(40)37-27(33(42)36-21)11-10-22-6-3-2-4-7-22/h2-4,6-7,15,17,21,23,25,27-28H,5,8-14,16,18-20H2,1H3,(H,36,42)(H,37,40)/t21-,23+,25-,27+,28+/m1/s1. The molecule has 2 N–H and O–H groups in total. The van der Waals surface area contributed by atoms with Crippen LogP contribution in [0.5, 0.6) is 11.5 Å². The average molecular weight is 637 g/mol. The summed E-state index contributed by atoms with van der Waals surface area (Å²) in [5, 5.41) is 6.28. The molecule has 0 aromatic heterocycles. The lowest BCUT2D eigenvalue weighted by Crippen LogP contribution is -2.63. The second-order valence-electron chi connectivity index (χ2n) is 12.7. The normalized spacial score (nSPS) is 27.0. The molecule has 4 aliphatic rings. The van der Waals surface area contributed by atoms with E-state index >= 15 is 0 Å². The summed E-state index contributed by atoms with van der Waals surface area (Å²) < 4.78 is 11.3. The van der Waals surface area contributed by atoms with Crippen molar-refractivity contribution in [3.05, 3.63) is 58.6 Å². The van der Waals surface area contributed by atoms with Crippen molar-refractivity contribution in [1.29, 1.82) is 0 Å². The van der Waals surface area contributed by atoms with Gasteiger partial charge >= 0.3 is 0 Å². The lowest BCUT2D eigenvalue weighted by molar-refractivity contribution is -0.148. The van der Waals surface area contributed by atoms with Crippen LogP contribution in [0, 0.1) is 11.8 Å². The van der Waals surface area contributed by atoms with E-state index in [4.69, 9.17) is 21.1 Å². The summed E-state index contributed by atoms with van der Waals surface area (Å²) in [6, 6.07) is 11.8. The molecule has 240 valence electrons. The first-order chi connectivity index (χ1) is 21.7. The molecule has 3 saturated heterocycles. The van der Waals surface area contributed by atoms with Gasteiger partial charge in [0.05, 0.1) is 6.42 Å². The van der Waals surface area contributed by atoms with E-state index in [9.17, 15) is 19.2 Å². The summed E-state index contributed by atoms with van der Waals surface area (Å²) in [6.45, 7) is 4.23. The first-order valence-corrected chi connectivity index (χ1v) is 16.4. The molecule has 0 spiro atoms. The van der Waals surface area contributed by atoms with Gasteiger partial charge in [0.15, 0.2) is 11.5 Å². The Morgan fingerprint density at radius 3 is 2.53 bits per heavy atom. The number of carbonyl (C=O) groups is 4. The van der Waals surface area contributed by atoms with Gasteiger partial charge in [-0.15, -0.1) is 0 Å². The highest BCUT2D eigenvalue weighted by Crippen LogP contribution is 2.38. The van der Waals surface area contributed by atoms with Crippen LogP contribution in [0.4, 0.5) is 0 Å². The SMILES string of the molecule is C[C@H]1NC(=O)[C@H](CCc2ccccc2)NC(=O)CCC[C@H]2[C@@H]3C[C@@H](CN(C(=O)Cc4cc5c(cc4Cl)OCCO5)C3)CN2C1=O. The number of ether oxygens (including phenoxy) is 2. The molecule has 10 nitrogen and oxygen atoms in total. The van der Waals surface area contributed by atoms with E-state index in [1.807, 2.05) is 40.1 Å². The molecule has 4 aliphatic heterocycles. The number of benzene rings is 2. The van der Waals surface area contributed by atoms with Crippen LogP contribution >= 0.6 is 11.6 Å². The number of piperidine rings is 2. The van der Waals surface area contributed by atoms with Crippen LogP contribution in [0.3, 0.4) is 0 Å². The van der Waals surface area contributed by atoms with Crippen molar-refractivity contribution in [2.24, 2.45) is 11.8 Å². The summed E-state index contributed by atoms with van der Waals surface area (Å²) in [4.78, 5) is 57.5. The largest absolute Gasteiger partial charge is 0.486 e. The van der Waals surface area contributed by atoms with E-state index in [1.165, 1.54) is 0 Å². The Bertz CT molecular complexity index is 1440. The fourth-order valence-corrected chi connectivity index (χ4v) is 7.50. The zero-order valence-corrected chi connectivity index (χ0v) is 26.4. The number of halogens is 1. The number of hydrogen-bond donors (Lipinski definition) is 2. The molecular weight excluding hydrogens is 596 g/mol. The predicted octanol–water partition coefficient (Wildman–Crippen LogP) is 3.14. The monoisotopic (exact) mass is 636 g/mol. The topological polar surface area (TPSA) is 117 Å². The maximum absolute atomic E-state index is 13.8. The second-order valence-corrected chi connectivity index (χ2v) is 13.2. The molecule has 45 heavy (non-hydrogen) atoms. The van der Waals surface area contributed by atoms with Crippen molar-refractivity contribution >= 4 is 35.2 Å². The second kappa shape index (κ2) is 13.7. The van der Waals surface area contributed by atoms with Gasteiger partial charge < -0.3 is 29.9 Å². The van der Waals surface area contributed by atoms with E-state index in [1.54, 1.807) is 19.1 Å². The lowest BCUT2D eigenvalue weighted by atomic mass is 9.77. The van der Waals surface area contributed by atoms with Gasteiger partial charge in [0.2, 0.25) is 23.6 Å². The molecule has 4 amide bonds. The van der Waals surface area contributed by atoms with Crippen LogP contribution in [0.2, 0.25) is 5.02 Å². The zero-order valence-electron chi connectivity index (χ0n) is 25.6. The highest BCUT2D eigenvalue weighted by Gasteiger charge is 2.44. The minimum absolute atomic E-state index is 0.0160. The number of nitrogens with zero attached hydrogens (tertiary/aromatic N) is 2. The summed E-state index contributed by atoms with van der Waals surface area (Å²) >= 11 is 6.51. The fourth-order valence-electron chi connectivity index (χ4n) is 7.28. The molecule has 2 aromatic carbocycles. The van der Waals surface area contributed by atoms with Crippen molar-refractivity contribution in [2.45, 2.75) is 70.0 Å².